The molecule has 4 aromatic rings. The summed E-state index contributed by atoms with van der Waals surface area (Å²) in [7, 11) is -2.45. The molecule has 0 amide bonds. The summed E-state index contributed by atoms with van der Waals surface area (Å²) >= 11 is 0. The molecule has 0 radical (unpaired) electrons. The monoisotopic (exact) mass is 460 g/mol. The van der Waals surface area contributed by atoms with E-state index in [-0.39, 0.29) is 11.8 Å². The topological polar surface area (TPSA) is 87.0 Å². The molecular weight excluding hydrogens is 436 g/mol. The van der Waals surface area contributed by atoms with E-state index in [0.29, 0.717) is 6.61 Å². The van der Waals surface area contributed by atoms with Gasteiger partial charge in [0.25, 0.3) is 0 Å². The van der Waals surface area contributed by atoms with Crippen LogP contribution in [0.3, 0.4) is 0 Å². The lowest BCUT2D eigenvalue weighted by atomic mass is 10.0. The van der Waals surface area contributed by atoms with Crippen molar-refractivity contribution in [2.45, 2.75) is 25.1 Å². The Balaban J connectivity index is 1.56. The van der Waals surface area contributed by atoms with Crippen molar-refractivity contribution in [2.24, 2.45) is 0 Å². The van der Waals surface area contributed by atoms with Crippen LogP contribution in [0.2, 0.25) is 0 Å². The third kappa shape index (κ3) is 4.72. The van der Waals surface area contributed by atoms with Gasteiger partial charge in [0.1, 0.15) is 16.4 Å². The molecule has 0 N–H and O–H groups in total. The molecule has 3 aromatic heterocycles. The first-order chi connectivity index (χ1) is 16.1. The van der Waals surface area contributed by atoms with Gasteiger partial charge >= 0.3 is 0 Å². The van der Waals surface area contributed by atoms with Crippen LogP contribution >= 0.6 is 0 Å². The van der Waals surface area contributed by atoms with Crippen LogP contribution in [-0.2, 0) is 21.2 Å². The second kappa shape index (κ2) is 9.25. The summed E-state index contributed by atoms with van der Waals surface area (Å²) in [5, 5.41) is 4.92. The summed E-state index contributed by atoms with van der Waals surface area (Å²) in [5.74, 6) is 0.0417. The number of thiol groups is 1. The number of aryl methyl sites for hydroxylation is 1. The van der Waals surface area contributed by atoms with E-state index in [2.05, 4.69) is 11.2 Å². The standard InChI is InChI=1S/C25H24N4O3S/c1-17-3-2-4-23(27-17)25-22(14-29(28-25)21-10-12-32-15-21)20-9-11-26-24(13-20)19-7-5-18(6-8-19)16-33(30)31/h2-9,11,13-14,21,33H,10,12,15-16H2,1H3/t21-/m0/s1. The van der Waals surface area contributed by atoms with Crippen LogP contribution in [0.1, 0.15) is 23.7 Å². The largest absolute Gasteiger partial charge is 0.379 e. The fourth-order valence-corrected chi connectivity index (χ4v) is 4.58. The van der Waals surface area contributed by atoms with E-state index in [9.17, 15) is 8.42 Å². The van der Waals surface area contributed by atoms with Crippen molar-refractivity contribution in [3.8, 4) is 33.8 Å². The van der Waals surface area contributed by atoms with Gasteiger partial charge in [0.2, 0.25) is 0 Å². The van der Waals surface area contributed by atoms with Gasteiger partial charge in [-0.05, 0) is 48.7 Å². The van der Waals surface area contributed by atoms with Crippen LogP contribution in [0.4, 0.5) is 0 Å². The summed E-state index contributed by atoms with van der Waals surface area (Å²) in [6.07, 6.45) is 4.80. The van der Waals surface area contributed by atoms with Gasteiger partial charge in [-0.2, -0.15) is 5.10 Å². The number of hydrogen-bond donors (Lipinski definition) is 1. The zero-order valence-corrected chi connectivity index (χ0v) is 19.1. The van der Waals surface area contributed by atoms with Gasteiger partial charge in [0.15, 0.2) is 0 Å². The summed E-state index contributed by atoms with van der Waals surface area (Å²) in [5.41, 5.74) is 7.08. The molecule has 1 aliphatic heterocycles. The molecular formula is C25H24N4O3S. The molecule has 4 heterocycles. The van der Waals surface area contributed by atoms with Gasteiger partial charge in [-0.25, -0.2) is 8.42 Å². The molecule has 7 nitrogen and oxygen atoms in total. The molecule has 0 unspecified atom stereocenters. The van der Waals surface area contributed by atoms with Crippen molar-refractivity contribution < 1.29 is 13.2 Å². The Labute approximate surface area is 194 Å². The van der Waals surface area contributed by atoms with Crippen molar-refractivity contribution in [3.05, 3.63) is 78.2 Å². The predicted octanol–water partition coefficient (Wildman–Crippen LogP) is 4.06. The normalized spacial score (nSPS) is 15.9. The lowest BCUT2D eigenvalue weighted by Gasteiger charge is -2.07. The summed E-state index contributed by atoms with van der Waals surface area (Å²) < 4.78 is 29.6. The first-order valence-corrected chi connectivity index (χ1v) is 12.2. The molecule has 8 heteroatoms. The molecule has 0 bridgehead atoms. The Morgan fingerprint density at radius 3 is 2.64 bits per heavy atom. The van der Waals surface area contributed by atoms with Crippen molar-refractivity contribution in [2.75, 3.05) is 13.2 Å². The maximum Gasteiger partial charge on any atom is 0.144 e. The minimum absolute atomic E-state index is 0.0417. The summed E-state index contributed by atoms with van der Waals surface area (Å²) in [6, 6.07) is 17.6. The molecule has 168 valence electrons. The van der Waals surface area contributed by atoms with Crippen LogP contribution in [0.5, 0.6) is 0 Å². The van der Waals surface area contributed by atoms with Gasteiger partial charge in [-0.1, -0.05) is 30.3 Å². The minimum Gasteiger partial charge on any atom is -0.379 e. The quantitative estimate of drug-likeness (QED) is 0.437. The Morgan fingerprint density at radius 1 is 1.06 bits per heavy atom. The molecule has 1 atom stereocenters. The number of aromatic nitrogens is 4. The first kappa shape index (κ1) is 21.5. The fraction of sp³-hybridized carbons (Fsp3) is 0.240. The van der Waals surface area contributed by atoms with Crippen molar-refractivity contribution >= 4 is 10.7 Å². The molecule has 33 heavy (non-hydrogen) atoms. The maximum absolute atomic E-state index is 11.0. The van der Waals surface area contributed by atoms with E-state index >= 15 is 0 Å². The van der Waals surface area contributed by atoms with Crippen LogP contribution in [0, 0.1) is 6.92 Å². The van der Waals surface area contributed by atoms with Crippen LogP contribution < -0.4 is 0 Å². The second-order valence-corrected chi connectivity index (χ2v) is 9.15. The van der Waals surface area contributed by atoms with Crippen LogP contribution in [0.15, 0.2) is 67.0 Å². The Morgan fingerprint density at radius 2 is 1.91 bits per heavy atom. The molecule has 1 saturated heterocycles. The minimum atomic E-state index is -2.45. The summed E-state index contributed by atoms with van der Waals surface area (Å²) in [4.78, 5) is 9.26. The lowest BCUT2D eigenvalue weighted by molar-refractivity contribution is 0.184. The highest BCUT2D eigenvalue weighted by Gasteiger charge is 2.22. The number of benzene rings is 1. The lowest BCUT2D eigenvalue weighted by Crippen LogP contribution is -2.09. The highest BCUT2D eigenvalue weighted by atomic mass is 32.2. The molecule has 0 aliphatic carbocycles. The van der Waals surface area contributed by atoms with E-state index in [0.717, 1.165) is 58.1 Å². The van der Waals surface area contributed by atoms with E-state index in [1.165, 1.54) is 0 Å². The maximum atomic E-state index is 11.0. The number of ether oxygens (including phenoxy) is 1. The zero-order chi connectivity index (χ0) is 22.8. The van der Waals surface area contributed by atoms with E-state index < -0.39 is 10.7 Å². The van der Waals surface area contributed by atoms with Crippen molar-refractivity contribution in [3.63, 3.8) is 0 Å². The number of nitrogens with zero attached hydrogens (tertiary/aromatic N) is 4. The first-order valence-electron chi connectivity index (χ1n) is 10.9. The van der Waals surface area contributed by atoms with Gasteiger partial charge in [0.05, 0.1) is 29.8 Å². The average Bonchev–Trinajstić information content (AvgIpc) is 3.50. The number of pyridine rings is 2. The average molecular weight is 461 g/mol. The number of rotatable bonds is 6. The smallest absolute Gasteiger partial charge is 0.144 e. The van der Waals surface area contributed by atoms with Gasteiger partial charge in [-0.3, -0.25) is 14.6 Å². The van der Waals surface area contributed by atoms with Crippen LogP contribution in [0.25, 0.3) is 33.8 Å². The van der Waals surface area contributed by atoms with Gasteiger partial charge < -0.3 is 4.74 Å². The SMILES string of the molecule is Cc1cccc(-c2nn([C@H]3CCOC3)cc2-c2ccnc(-c3ccc(C[SH](=O)=O)cc3)c2)n1. The Bertz CT molecular complexity index is 1350. The van der Waals surface area contributed by atoms with Crippen molar-refractivity contribution in [1.29, 1.82) is 0 Å². The van der Waals surface area contributed by atoms with E-state index in [1.807, 2.05) is 66.2 Å². The number of hydrogen-bond acceptors (Lipinski definition) is 6. The van der Waals surface area contributed by atoms with Gasteiger partial charge in [-0.15, -0.1) is 0 Å². The zero-order valence-electron chi connectivity index (χ0n) is 18.2. The van der Waals surface area contributed by atoms with E-state index in [4.69, 9.17) is 14.8 Å². The Kier molecular flexibility index (Phi) is 6.02. The highest BCUT2D eigenvalue weighted by molar-refractivity contribution is 7.71. The molecule has 1 fully saturated rings. The summed E-state index contributed by atoms with van der Waals surface area (Å²) in [6.45, 7) is 3.38. The molecule has 1 aliphatic rings. The van der Waals surface area contributed by atoms with E-state index in [1.54, 1.807) is 6.20 Å². The van der Waals surface area contributed by atoms with Gasteiger partial charge in [0, 0.05) is 35.8 Å². The Hall–Kier alpha value is -3.36. The predicted molar refractivity (Wildman–Crippen MR) is 127 cm³/mol. The second-order valence-electron chi connectivity index (χ2n) is 8.17. The van der Waals surface area contributed by atoms with Crippen LogP contribution in [-0.4, -0.2) is 41.4 Å². The fourth-order valence-electron chi connectivity index (χ4n) is 4.07. The molecule has 1 aromatic carbocycles. The third-order valence-corrected chi connectivity index (χ3v) is 6.40. The van der Waals surface area contributed by atoms with Crippen molar-refractivity contribution in [1.82, 2.24) is 19.7 Å². The molecule has 5 rings (SSSR count). The third-order valence-electron chi connectivity index (χ3n) is 5.77. The molecule has 0 spiro atoms. The highest BCUT2D eigenvalue weighted by Crippen LogP contribution is 2.34. The molecule has 0 saturated carbocycles.